The second kappa shape index (κ2) is 7.40. The number of aromatic nitrogens is 1. The van der Waals surface area contributed by atoms with E-state index in [0.717, 1.165) is 5.76 Å². The summed E-state index contributed by atoms with van der Waals surface area (Å²) in [7, 11) is 1.54. The third-order valence-corrected chi connectivity index (χ3v) is 4.75. The van der Waals surface area contributed by atoms with Crippen LogP contribution in [0.15, 0.2) is 40.8 Å². The highest BCUT2D eigenvalue weighted by molar-refractivity contribution is 7.17. The summed E-state index contributed by atoms with van der Waals surface area (Å²) in [4.78, 5) is 28.8. The van der Waals surface area contributed by atoms with Gasteiger partial charge in [-0.2, -0.15) is 0 Å². The Kier molecular flexibility index (Phi) is 5.04. The Hall–Kier alpha value is -3.13. The van der Waals surface area contributed by atoms with Crippen molar-refractivity contribution in [3.63, 3.8) is 0 Å². The maximum Gasteiger partial charge on any atom is 0.318 e. The van der Waals surface area contributed by atoms with Crippen LogP contribution in [0.5, 0.6) is 0 Å². The second-order valence-electron chi connectivity index (χ2n) is 5.58. The lowest BCUT2D eigenvalue weighted by Crippen LogP contribution is -2.24. The van der Waals surface area contributed by atoms with E-state index in [0.29, 0.717) is 32.7 Å². The van der Waals surface area contributed by atoms with Gasteiger partial charge >= 0.3 is 6.03 Å². The van der Waals surface area contributed by atoms with E-state index in [9.17, 15) is 9.59 Å². The van der Waals surface area contributed by atoms with Gasteiger partial charge in [0.1, 0.15) is 10.6 Å². The Morgan fingerprint density at radius 2 is 1.65 bits per heavy atom. The lowest BCUT2D eigenvalue weighted by molar-refractivity contribution is 0.103. The summed E-state index contributed by atoms with van der Waals surface area (Å²) in [6.07, 6.45) is 0. The number of aryl methyl sites for hydroxylation is 2. The Morgan fingerprint density at radius 3 is 2.23 bits per heavy atom. The molecule has 1 aromatic carbocycles. The third-order valence-electron chi connectivity index (χ3n) is 3.58. The van der Waals surface area contributed by atoms with E-state index in [-0.39, 0.29) is 11.9 Å². The lowest BCUT2D eigenvalue weighted by Gasteiger charge is -2.07. The molecule has 0 saturated carbocycles. The molecule has 3 amide bonds. The molecule has 2 heterocycles. The average molecular weight is 370 g/mol. The van der Waals surface area contributed by atoms with Crippen LogP contribution < -0.4 is 16.0 Å². The van der Waals surface area contributed by atoms with Gasteiger partial charge in [-0.15, -0.1) is 11.3 Å². The van der Waals surface area contributed by atoms with Crippen LogP contribution in [0.25, 0.3) is 10.8 Å². The molecule has 3 N–H and O–H groups in total. The van der Waals surface area contributed by atoms with Gasteiger partial charge in [-0.3, -0.25) is 4.79 Å². The fourth-order valence-corrected chi connectivity index (χ4v) is 3.20. The topological polar surface area (TPSA) is 96.3 Å². The molecule has 26 heavy (non-hydrogen) atoms. The molecule has 3 aromatic rings. The number of anilines is 2. The monoisotopic (exact) mass is 370 g/mol. The van der Waals surface area contributed by atoms with Crippen molar-refractivity contribution in [2.45, 2.75) is 13.8 Å². The van der Waals surface area contributed by atoms with Gasteiger partial charge < -0.3 is 20.4 Å². The number of furan rings is 1. The molecule has 0 aliphatic heterocycles. The zero-order valence-corrected chi connectivity index (χ0v) is 15.4. The van der Waals surface area contributed by atoms with Gasteiger partial charge in [0, 0.05) is 18.4 Å². The summed E-state index contributed by atoms with van der Waals surface area (Å²) in [5, 5.41) is 8.64. The summed E-state index contributed by atoms with van der Waals surface area (Å²) in [5.41, 5.74) is 1.90. The van der Waals surface area contributed by atoms with Crippen LogP contribution in [0, 0.1) is 13.8 Å². The predicted molar refractivity (Wildman–Crippen MR) is 102 cm³/mol. The zero-order chi connectivity index (χ0) is 18.7. The van der Waals surface area contributed by atoms with Crippen molar-refractivity contribution in [3.8, 4) is 10.8 Å². The molecule has 2 aromatic heterocycles. The first-order valence-electron chi connectivity index (χ1n) is 7.90. The van der Waals surface area contributed by atoms with Crippen LogP contribution in [-0.4, -0.2) is 24.0 Å². The standard InChI is InChI=1S/C18H18N4O3S/c1-10-4-9-14(25-10)17-20-11(2)15(26-17)16(23)21-12-5-7-13(8-6-12)22-18(24)19-3/h4-9H,1-3H3,(H,21,23)(H2,19,22,24). The number of rotatable bonds is 4. The van der Waals surface area contributed by atoms with Crippen LogP contribution in [0.1, 0.15) is 21.1 Å². The van der Waals surface area contributed by atoms with E-state index < -0.39 is 0 Å². The van der Waals surface area contributed by atoms with Crippen LogP contribution >= 0.6 is 11.3 Å². The molecule has 0 saturated heterocycles. The quantitative estimate of drug-likeness (QED) is 0.646. The summed E-state index contributed by atoms with van der Waals surface area (Å²) in [5.74, 6) is 1.21. The molecule has 0 unspecified atom stereocenters. The zero-order valence-electron chi connectivity index (χ0n) is 14.5. The number of hydrogen-bond donors (Lipinski definition) is 3. The molecule has 0 spiro atoms. The first kappa shape index (κ1) is 17.7. The summed E-state index contributed by atoms with van der Waals surface area (Å²) in [6, 6.07) is 10.3. The van der Waals surface area contributed by atoms with E-state index >= 15 is 0 Å². The van der Waals surface area contributed by atoms with Crippen molar-refractivity contribution in [2.75, 3.05) is 17.7 Å². The normalized spacial score (nSPS) is 10.4. The molecule has 0 radical (unpaired) electrons. The van der Waals surface area contributed by atoms with Crippen molar-refractivity contribution >= 4 is 34.6 Å². The van der Waals surface area contributed by atoms with Gasteiger partial charge in [0.15, 0.2) is 10.8 Å². The SMILES string of the molecule is CNC(=O)Nc1ccc(NC(=O)c2sc(-c3ccc(C)o3)nc2C)cc1. The van der Waals surface area contributed by atoms with Crippen LogP contribution in [-0.2, 0) is 0 Å². The summed E-state index contributed by atoms with van der Waals surface area (Å²) >= 11 is 1.29. The maximum absolute atomic E-state index is 12.5. The maximum atomic E-state index is 12.5. The third kappa shape index (κ3) is 3.92. The van der Waals surface area contributed by atoms with Crippen LogP contribution in [0.2, 0.25) is 0 Å². The van der Waals surface area contributed by atoms with E-state index in [1.165, 1.54) is 11.3 Å². The van der Waals surface area contributed by atoms with Gasteiger partial charge in [-0.05, 0) is 50.2 Å². The number of amides is 3. The van der Waals surface area contributed by atoms with Gasteiger partial charge in [0.2, 0.25) is 0 Å². The minimum Gasteiger partial charge on any atom is -0.459 e. The van der Waals surface area contributed by atoms with Crippen LogP contribution in [0.4, 0.5) is 16.2 Å². The fraction of sp³-hybridized carbons (Fsp3) is 0.167. The number of benzene rings is 1. The van der Waals surface area contributed by atoms with Crippen molar-refractivity contribution in [1.29, 1.82) is 0 Å². The first-order chi connectivity index (χ1) is 12.5. The Balaban J connectivity index is 1.72. The number of urea groups is 1. The van der Waals surface area contributed by atoms with Gasteiger partial charge in [0.05, 0.1) is 5.69 Å². The van der Waals surface area contributed by atoms with Crippen LogP contribution in [0.3, 0.4) is 0 Å². The first-order valence-corrected chi connectivity index (χ1v) is 8.72. The lowest BCUT2D eigenvalue weighted by atomic mass is 10.2. The van der Waals surface area contributed by atoms with Gasteiger partial charge in [-0.25, -0.2) is 9.78 Å². The Bertz CT molecular complexity index is 944. The molecule has 0 atom stereocenters. The highest BCUT2D eigenvalue weighted by Gasteiger charge is 2.18. The molecular formula is C18H18N4O3S. The molecule has 0 aliphatic carbocycles. The molecule has 134 valence electrons. The second-order valence-corrected chi connectivity index (χ2v) is 6.58. The molecular weight excluding hydrogens is 352 g/mol. The number of hydrogen-bond acceptors (Lipinski definition) is 5. The fourth-order valence-electron chi connectivity index (χ4n) is 2.28. The molecule has 7 nitrogen and oxygen atoms in total. The van der Waals surface area contributed by atoms with Gasteiger partial charge in [0.25, 0.3) is 5.91 Å². The van der Waals surface area contributed by atoms with E-state index in [4.69, 9.17) is 4.42 Å². The number of carbonyl (C=O) groups is 2. The van der Waals surface area contributed by atoms with Crippen molar-refractivity contribution < 1.29 is 14.0 Å². The largest absolute Gasteiger partial charge is 0.459 e. The molecule has 0 aliphatic rings. The number of nitrogens with one attached hydrogen (secondary N) is 3. The minimum atomic E-state index is -0.303. The number of nitrogens with zero attached hydrogens (tertiary/aromatic N) is 1. The van der Waals surface area contributed by atoms with Crippen molar-refractivity contribution in [2.24, 2.45) is 0 Å². The molecule has 8 heteroatoms. The molecule has 0 bridgehead atoms. The smallest absolute Gasteiger partial charge is 0.318 e. The van der Waals surface area contributed by atoms with E-state index in [2.05, 4.69) is 20.9 Å². The van der Waals surface area contributed by atoms with E-state index in [1.54, 1.807) is 38.2 Å². The van der Waals surface area contributed by atoms with E-state index in [1.807, 2.05) is 19.1 Å². The van der Waals surface area contributed by atoms with Crippen molar-refractivity contribution in [1.82, 2.24) is 10.3 Å². The minimum absolute atomic E-state index is 0.235. The molecule has 0 fully saturated rings. The Morgan fingerprint density at radius 1 is 1.00 bits per heavy atom. The predicted octanol–water partition coefficient (Wildman–Crippen LogP) is 4.02. The van der Waals surface area contributed by atoms with Gasteiger partial charge in [-0.1, -0.05) is 0 Å². The molecule has 3 rings (SSSR count). The van der Waals surface area contributed by atoms with Crippen molar-refractivity contribution in [3.05, 3.63) is 52.7 Å². The summed E-state index contributed by atoms with van der Waals surface area (Å²) < 4.78 is 5.57. The number of thiazole rings is 1. The number of carbonyl (C=O) groups excluding carboxylic acids is 2. The highest BCUT2D eigenvalue weighted by atomic mass is 32.1. The highest BCUT2D eigenvalue weighted by Crippen LogP contribution is 2.29. The Labute approximate surface area is 154 Å². The average Bonchev–Trinajstić information content (AvgIpc) is 3.22. The summed E-state index contributed by atoms with van der Waals surface area (Å²) in [6.45, 7) is 3.65.